The van der Waals surface area contributed by atoms with Gasteiger partial charge in [-0.3, -0.25) is 14.5 Å². The molecule has 1 atom stereocenters. The summed E-state index contributed by atoms with van der Waals surface area (Å²) in [6.07, 6.45) is -1.71. The van der Waals surface area contributed by atoms with E-state index in [1.165, 1.54) is 0 Å². The second kappa shape index (κ2) is 5.96. The summed E-state index contributed by atoms with van der Waals surface area (Å²) in [6, 6.07) is -0.638. The average Bonchev–Trinajstić information content (AvgIpc) is 2.60. The molecule has 18 heavy (non-hydrogen) atoms. The predicted octanol–water partition coefficient (Wildman–Crippen LogP) is -2.51. The quantitative estimate of drug-likeness (QED) is 0.389. The van der Waals surface area contributed by atoms with Crippen LogP contribution < -0.4 is 10.6 Å². The van der Waals surface area contributed by atoms with Gasteiger partial charge in [0, 0.05) is 13.0 Å². The van der Waals surface area contributed by atoms with Gasteiger partial charge in [0.2, 0.25) is 5.91 Å². The van der Waals surface area contributed by atoms with Crippen LogP contribution in [0.3, 0.4) is 0 Å². The van der Waals surface area contributed by atoms with E-state index < -0.39 is 36.5 Å². The summed E-state index contributed by atoms with van der Waals surface area (Å²) in [7, 11) is 0. The molecular weight excluding hydrogens is 246 g/mol. The maximum absolute atomic E-state index is 11.3. The molecule has 4 amide bonds. The van der Waals surface area contributed by atoms with Gasteiger partial charge in [0.25, 0.3) is 5.91 Å². The number of hydrogen-bond acceptors (Lipinski definition) is 5. The minimum Gasteiger partial charge on any atom is -0.479 e. The minimum atomic E-state index is -1.55. The van der Waals surface area contributed by atoms with Crippen molar-refractivity contribution in [1.29, 1.82) is 0 Å². The van der Waals surface area contributed by atoms with Gasteiger partial charge in [0.1, 0.15) is 6.54 Å². The molecule has 1 rings (SSSR count). The molecule has 0 aromatic heterocycles. The van der Waals surface area contributed by atoms with Crippen molar-refractivity contribution in [2.75, 3.05) is 19.6 Å². The number of nitrogens with one attached hydrogen (secondary N) is 2. The first-order valence-corrected chi connectivity index (χ1v) is 5.17. The van der Waals surface area contributed by atoms with Gasteiger partial charge in [-0.1, -0.05) is 0 Å². The van der Waals surface area contributed by atoms with Crippen LogP contribution in [0.15, 0.2) is 0 Å². The standard InChI is InChI=1S/C9H13N3O6/c13-5(8(16)17)1-2-10-6(14)4-12-7(15)3-11-9(12)18/h5,13H,1-4H2,(H,10,14)(H,11,18)(H,16,17). The van der Waals surface area contributed by atoms with Crippen molar-refractivity contribution in [2.24, 2.45) is 0 Å². The highest BCUT2D eigenvalue weighted by Crippen LogP contribution is 1.98. The van der Waals surface area contributed by atoms with Crippen LogP contribution >= 0.6 is 0 Å². The van der Waals surface area contributed by atoms with E-state index in [0.717, 1.165) is 4.90 Å². The summed E-state index contributed by atoms with van der Waals surface area (Å²) in [4.78, 5) is 44.6. The lowest BCUT2D eigenvalue weighted by atomic mass is 10.2. The second-order valence-electron chi connectivity index (χ2n) is 3.63. The van der Waals surface area contributed by atoms with Crippen LogP contribution in [0.25, 0.3) is 0 Å². The van der Waals surface area contributed by atoms with E-state index in [1.54, 1.807) is 0 Å². The summed E-state index contributed by atoms with van der Waals surface area (Å²) in [5.74, 6) is -2.47. The third kappa shape index (κ3) is 3.70. The monoisotopic (exact) mass is 259 g/mol. The third-order valence-corrected chi connectivity index (χ3v) is 2.26. The fourth-order valence-electron chi connectivity index (χ4n) is 1.29. The number of amides is 4. The molecule has 0 aliphatic carbocycles. The Balaban J connectivity index is 2.28. The molecule has 100 valence electrons. The normalized spacial score (nSPS) is 16.4. The first-order valence-electron chi connectivity index (χ1n) is 5.17. The van der Waals surface area contributed by atoms with Crippen molar-refractivity contribution in [3.8, 4) is 0 Å². The number of hydrogen-bond donors (Lipinski definition) is 4. The molecule has 1 heterocycles. The summed E-state index contributed by atoms with van der Waals surface area (Å²) in [5, 5.41) is 21.9. The SMILES string of the molecule is O=C(CN1C(=O)CNC1=O)NCCC(O)C(=O)O. The zero-order chi connectivity index (χ0) is 13.7. The summed E-state index contributed by atoms with van der Waals surface area (Å²) >= 11 is 0. The molecule has 0 aromatic rings. The number of aliphatic carboxylic acids is 1. The molecule has 1 saturated heterocycles. The van der Waals surface area contributed by atoms with Gasteiger partial charge < -0.3 is 20.8 Å². The van der Waals surface area contributed by atoms with Gasteiger partial charge in [-0.05, 0) is 0 Å². The van der Waals surface area contributed by atoms with Crippen molar-refractivity contribution in [3.05, 3.63) is 0 Å². The van der Waals surface area contributed by atoms with Gasteiger partial charge in [-0.25, -0.2) is 9.59 Å². The molecule has 0 aromatic carbocycles. The third-order valence-electron chi connectivity index (χ3n) is 2.26. The van der Waals surface area contributed by atoms with Crippen molar-refractivity contribution in [3.63, 3.8) is 0 Å². The summed E-state index contributed by atoms with van der Waals surface area (Å²) in [6.45, 7) is -0.617. The van der Waals surface area contributed by atoms with E-state index in [4.69, 9.17) is 10.2 Å². The van der Waals surface area contributed by atoms with Gasteiger partial charge >= 0.3 is 12.0 Å². The Kier molecular flexibility index (Phi) is 4.60. The lowest BCUT2D eigenvalue weighted by Crippen LogP contribution is -2.41. The molecule has 1 fully saturated rings. The minimum absolute atomic E-state index is 0.0596. The summed E-state index contributed by atoms with van der Waals surface area (Å²) < 4.78 is 0. The first-order chi connectivity index (χ1) is 8.41. The van der Waals surface area contributed by atoms with Crippen LogP contribution in [-0.4, -0.2) is 64.7 Å². The highest BCUT2D eigenvalue weighted by Gasteiger charge is 2.29. The Bertz CT molecular complexity index is 366. The van der Waals surface area contributed by atoms with E-state index in [9.17, 15) is 19.2 Å². The maximum atomic E-state index is 11.3. The predicted molar refractivity (Wildman–Crippen MR) is 56.4 cm³/mol. The molecule has 0 spiro atoms. The number of carbonyl (C=O) groups is 4. The molecule has 1 unspecified atom stereocenters. The molecule has 9 nitrogen and oxygen atoms in total. The zero-order valence-electron chi connectivity index (χ0n) is 9.38. The molecular formula is C9H13N3O6. The lowest BCUT2D eigenvalue weighted by molar-refractivity contribution is -0.147. The van der Waals surface area contributed by atoms with Crippen molar-refractivity contribution >= 4 is 23.8 Å². The number of carbonyl (C=O) groups excluding carboxylic acids is 3. The highest BCUT2D eigenvalue weighted by molar-refractivity contribution is 6.04. The van der Waals surface area contributed by atoms with Gasteiger partial charge in [0.05, 0.1) is 6.54 Å². The van der Waals surface area contributed by atoms with Crippen LogP contribution in [-0.2, 0) is 14.4 Å². The summed E-state index contributed by atoms with van der Waals surface area (Å²) in [5.41, 5.74) is 0. The fourth-order valence-corrected chi connectivity index (χ4v) is 1.29. The number of imide groups is 1. The van der Waals surface area contributed by atoms with Gasteiger partial charge in [0.15, 0.2) is 6.10 Å². The number of aliphatic hydroxyl groups excluding tert-OH is 1. The molecule has 1 aliphatic heterocycles. The molecule has 9 heteroatoms. The van der Waals surface area contributed by atoms with E-state index in [2.05, 4.69) is 10.6 Å². The number of urea groups is 1. The Hall–Kier alpha value is -2.16. The van der Waals surface area contributed by atoms with Crippen LogP contribution in [0.4, 0.5) is 4.79 Å². The molecule has 0 bridgehead atoms. The lowest BCUT2D eigenvalue weighted by Gasteiger charge is -2.12. The Labute approximate surface area is 102 Å². The van der Waals surface area contributed by atoms with Crippen LogP contribution in [0.1, 0.15) is 6.42 Å². The first kappa shape index (κ1) is 13.9. The molecule has 1 aliphatic rings. The number of rotatable bonds is 6. The van der Waals surface area contributed by atoms with Gasteiger partial charge in [-0.15, -0.1) is 0 Å². The fraction of sp³-hybridized carbons (Fsp3) is 0.556. The van der Waals surface area contributed by atoms with E-state index >= 15 is 0 Å². The smallest absolute Gasteiger partial charge is 0.332 e. The topological polar surface area (TPSA) is 136 Å². The van der Waals surface area contributed by atoms with Crippen LogP contribution in [0.2, 0.25) is 0 Å². The molecule has 4 N–H and O–H groups in total. The van der Waals surface area contributed by atoms with Crippen molar-refractivity contribution < 1.29 is 29.4 Å². The number of carboxylic acids is 1. The van der Waals surface area contributed by atoms with Gasteiger partial charge in [-0.2, -0.15) is 0 Å². The molecule has 0 saturated carbocycles. The average molecular weight is 259 g/mol. The number of carboxylic acid groups (broad SMARTS) is 1. The van der Waals surface area contributed by atoms with Crippen molar-refractivity contribution in [1.82, 2.24) is 15.5 Å². The second-order valence-corrected chi connectivity index (χ2v) is 3.63. The number of aliphatic hydroxyl groups is 1. The zero-order valence-corrected chi connectivity index (χ0v) is 9.38. The maximum Gasteiger partial charge on any atom is 0.332 e. The van der Waals surface area contributed by atoms with E-state index in [1.807, 2.05) is 0 Å². The molecule has 0 radical (unpaired) electrons. The largest absolute Gasteiger partial charge is 0.479 e. The Morgan fingerprint density at radius 3 is 2.61 bits per heavy atom. The van der Waals surface area contributed by atoms with Crippen molar-refractivity contribution in [2.45, 2.75) is 12.5 Å². The Morgan fingerprint density at radius 2 is 2.11 bits per heavy atom. The Morgan fingerprint density at radius 1 is 1.44 bits per heavy atom. The van der Waals surface area contributed by atoms with E-state index in [0.29, 0.717) is 0 Å². The van der Waals surface area contributed by atoms with Crippen LogP contribution in [0.5, 0.6) is 0 Å². The number of nitrogens with zero attached hydrogens (tertiary/aromatic N) is 1. The highest BCUT2D eigenvalue weighted by atomic mass is 16.4. The van der Waals surface area contributed by atoms with E-state index in [-0.39, 0.29) is 19.5 Å². The van der Waals surface area contributed by atoms with Crippen LogP contribution in [0, 0.1) is 0 Å².